The highest BCUT2D eigenvalue weighted by atomic mass is 16.2. The lowest BCUT2D eigenvalue weighted by molar-refractivity contribution is -0.127. The third-order valence-electron chi connectivity index (χ3n) is 3.43. The van der Waals surface area contributed by atoms with Crippen molar-refractivity contribution in [3.8, 4) is 0 Å². The van der Waals surface area contributed by atoms with E-state index >= 15 is 0 Å². The smallest absolute Gasteiger partial charge is 0.227 e. The van der Waals surface area contributed by atoms with E-state index in [1.807, 2.05) is 0 Å². The quantitative estimate of drug-likeness (QED) is 0.673. The zero-order chi connectivity index (χ0) is 9.47. The van der Waals surface area contributed by atoms with Gasteiger partial charge in [-0.25, -0.2) is 0 Å². The van der Waals surface area contributed by atoms with Crippen LogP contribution in [-0.2, 0) is 4.79 Å². The van der Waals surface area contributed by atoms with Crippen LogP contribution in [0.2, 0.25) is 0 Å². The van der Waals surface area contributed by atoms with Gasteiger partial charge in [0.25, 0.3) is 0 Å². The van der Waals surface area contributed by atoms with E-state index in [1.165, 1.54) is 0 Å². The molecule has 3 heteroatoms. The normalized spacial score (nSPS) is 34.9. The second kappa shape index (κ2) is 2.98. The van der Waals surface area contributed by atoms with Crippen molar-refractivity contribution in [3.63, 3.8) is 0 Å². The van der Waals surface area contributed by atoms with Gasteiger partial charge in [0.1, 0.15) is 0 Å². The molecule has 2 fully saturated rings. The Morgan fingerprint density at radius 3 is 2.54 bits per heavy atom. The van der Waals surface area contributed by atoms with E-state index < -0.39 is 0 Å². The number of hydrogen-bond donors (Lipinski definition) is 2. The molecule has 0 atom stereocenters. The Hall–Kier alpha value is -0.570. The summed E-state index contributed by atoms with van der Waals surface area (Å²) in [5.41, 5.74) is 5.40. The van der Waals surface area contributed by atoms with Crippen LogP contribution in [0.3, 0.4) is 0 Å². The predicted molar refractivity (Wildman–Crippen MR) is 51.1 cm³/mol. The van der Waals surface area contributed by atoms with Gasteiger partial charge in [-0.15, -0.1) is 0 Å². The van der Waals surface area contributed by atoms with E-state index in [0.29, 0.717) is 12.6 Å². The number of nitrogens with one attached hydrogen (secondary N) is 1. The van der Waals surface area contributed by atoms with E-state index in [2.05, 4.69) is 12.2 Å². The number of carbonyl (C=O) groups is 1. The third kappa shape index (κ3) is 1.57. The molecule has 2 saturated carbocycles. The fourth-order valence-electron chi connectivity index (χ4n) is 2.03. The second-order valence-electron chi connectivity index (χ2n) is 4.73. The topological polar surface area (TPSA) is 55.1 Å². The van der Waals surface area contributed by atoms with Crippen molar-refractivity contribution < 1.29 is 4.79 Å². The molecule has 0 spiro atoms. The average molecular weight is 182 g/mol. The fraction of sp³-hybridized carbons (Fsp3) is 0.900. The molecular formula is C10H18N2O. The molecule has 13 heavy (non-hydrogen) atoms. The zero-order valence-corrected chi connectivity index (χ0v) is 8.18. The van der Waals surface area contributed by atoms with E-state index in [1.54, 1.807) is 0 Å². The molecule has 74 valence electrons. The summed E-state index contributed by atoms with van der Waals surface area (Å²) in [6.07, 6.45) is 4.26. The van der Waals surface area contributed by atoms with E-state index in [9.17, 15) is 4.79 Å². The van der Waals surface area contributed by atoms with Crippen LogP contribution in [0, 0.1) is 11.3 Å². The molecule has 0 radical (unpaired) electrons. The van der Waals surface area contributed by atoms with Gasteiger partial charge in [-0.2, -0.15) is 0 Å². The van der Waals surface area contributed by atoms with Crippen LogP contribution in [0.1, 0.15) is 32.6 Å². The summed E-state index contributed by atoms with van der Waals surface area (Å²) in [5.74, 6) is 0.991. The van der Waals surface area contributed by atoms with Crippen LogP contribution >= 0.6 is 0 Å². The van der Waals surface area contributed by atoms with Gasteiger partial charge in [-0.3, -0.25) is 4.79 Å². The maximum Gasteiger partial charge on any atom is 0.227 e. The van der Waals surface area contributed by atoms with E-state index in [0.717, 1.165) is 31.6 Å². The molecule has 2 aliphatic rings. The number of hydrogen-bond acceptors (Lipinski definition) is 2. The molecule has 0 aromatic rings. The van der Waals surface area contributed by atoms with Crippen molar-refractivity contribution in [2.24, 2.45) is 17.1 Å². The molecule has 0 aliphatic heterocycles. The highest BCUT2D eigenvalue weighted by Gasteiger charge is 2.49. The Morgan fingerprint density at radius 1 is 1.54 bits per heavy atom. The second-order valence-corrected chi connectivity index (χ2v) is 4.73. The molecule has 2 rings (SSSR count). The van der Waals surface area contributed by atoms with Gasteiger partial charge in [0, 0.05) is 12.6 Å². The summed E-state index contributed by atoms with van der Waals surface area (Å²) < 4.78 is 0. The van der Waals surface area contributed by atoms with Gasteiger partial charge in [0.2, 0.25) is 5.91 Å². The van der Waals surface area contributed by atoms with Crippen LogP contribution in [0.15, 0.2) is 0 Å². The fourth-order valence-corrected chi connectivity index (χ4v) is 2.03. The van der Waals surface area contributed by atoms with Crippen LogP contribution < -0.4 is 11.1 Å². The first-order valence-corrected chi connectivity index (χ1v) is 5.17. The molecule has 2 aliphatic carbocycles. The molecule has 0 unspecified atom stereocenters. The minimum Gasteiger partial charge on any atom is -0.353 e. The molecular weight excluding hydrogens is 164 g/mol. The van der Waals surface area contributed by atoms with Crippen LogP contribution in [-0.4, -0.2) is 18.5 Å². The SMILES string of the molecule is CC1CC(NC(=O)C2(CN)CC2)C1. The Bertz CT molecular complexity index is 217. The van der Waals surface area contributed by atoms with Crippen molar-refractivity contribution in [2.45, 2.75) is 38.6 Å². The maximum absolute atomic E-state index is 11.7. The summed E-state index contributed by atoms with van der Waals surface area (Å²) in [5, 5.41) is 3.08. The molecule has 0 saturated heterocycles. The van der Waals surface area contributed by atoms with E-state index in [4.69, 9.17) is 5.73 Å². The van der Waals surface area contributed by atoms with Crippen molar-refractivity contribution >= 4 is 5.91 Å². The Labute approximate surface area is 79.1 Å². The van der Waals surface area contributed by atoms with Crippen molar-refractivity contribution in [2.75, 3.05) is 6.54 Å². The third-order valence-corrected chi connectivity index (χ3v) is 3.43. The first kappa shape index (κ1) is 9.00. The molecule has 3 nitrogen and oxygen atoms in total. The predicted octanol–water partition coefficient (Wildman–Crippen LogP) is 0.640. The molecule has 0 aromatic carbocycles. The van der Waals surface area contributed by atoms with Crippen LogP contribution in [0.25, 0.3) is 0 Å². The number of amides is 1. The number of carbonyl (C=O) groups excluding carboxylic acids is 1. The minimum atomic E-state index is -0.168. The molecule has 0 aromatic heterocycles. The lowest BCUT2D eigenvalue weighted by atomic mass is 9.81. The maximum atomic E-state index is 11.7. The lowest BCUT2D eigenvalue weighted by Crippen LogP contribution is -2.47. The van der Waals surface area contributed by atoms with Gasteiger partial charge in [0.05, 0.1) is 5.41 Å². The van der Waals surface area contributed by atoms with Crippen LogP contribution in [0.5, 0.6) is 0 Å². The van der Waals surface area contributed by atoms with Gasteiger partial charge in [-0.05, 0) is 31.6 Å². The van der Waals surface area contributed by atoms with Crippen molar-refractivity contribution in [1.82, 2.24) is 5.32 Å². The summed E-state index contributed by atoms with van der Waals surface area (Å²) in [4.78, 5) is 11.7. The largest absolute Gasteiger partial charge is 0.353 e. The average Bonchev–Trinajstić information content (AvgIpc) is 2.81. The molecule has 3 N–H and O–H groups in total. The molecule has 1 amide bonds. The summed E-state index contributed by atoms with van der Waals surface area (Å²) in [6, 6.07) is 0.437. The monoisotopic (exact) mass is 182 g/mol. The van der Waals surface area contributed by atoms with Gasteiger partial charge in [-0.1, -0.05) is 6.92 Å². The summed E-state index contributed by atoms with van der Waals surface area (Å²) >= 11 is 0. The highest BCUT2D eigenvalue weighted by Crippen LogP contribution is 2.45. The van der Waals surface area contributed by atoms with Crippen LogP contribution in [0.4, 0.5) is 0 Å². The summed E-state index contributed by atoms with van der Waals surface area (Å²) in [6.45, 7) is 2.74. The lowest BCUT2D eigenvalue weighted by Gasteiger charge is -2.34. The van der Waals surface area contributed by atoms with Gasteiger partial charge >= 0.3 is 0 Å². The minimum absolute atomic E-state index is 0.168. The first-order chi connectivity index (χ1) is 6.16. The molecule has 0 heterocycles. The van der Waals surface area contributed by atoms with Gasteiger partial charge in [0.15, 0.2) is 0 Å². The Kier molecular flexibility index (Phi) is 2.06. The summed E-state index contributed by atoms with van der Waals surface area (Å²) in [7, 11) is 0. The number of rotatable bonds is 3. The standard InChI is InChI=1S/C10H18N2O/c1-7-4-8(5-7)12-9(13)10(6-11)2-3-10/h7-8H,2-6,11H2,1H3,(H,12,13). The van der Waals surface area contributed by atoms with Crippen molar-refractivity contribution in [3.05, 3.63) is 0 Å². The Morgan fingerprint density at radius 2 is 2.15 bits per heavy atom. The first-order valence-electron chi connectivity index (χ1n) is 5.17. The zero-order valence-electron chi connectivity index (χ0n) is 8.18. The molecule has 0 bridgehead atoms. The highest BCUT2D eigenvalue weighted by molar-refractivity contribution is 5.85. The number of nitrogens with two attached hydrogens (primary N) is 1. The van der Waals surface area contributed by atoms with E-state index in [-0.39, 0.29) is 11.3 Å². The van der Waals surface area contributed by atoms with Gasteiger partial charge < -0.3 is 11.1 Å². The van der Waals surface area contributed by atoms with Crippen molar-refractivity contribution in [1.29, 1.82) is 0 Å². The Balaban J connectivity index is 1.79.